The molecule has 0 rings (SSSR count). The minimum atomic E-state index is -0.213. The van der Waals surface area contributed by atoms with Gasteiger partial charge in [0, 0.05) is 38.9 Å². The van der Waals surface area contributed by atoms with Gasteiger partial charge >= 0.3 is 23.9 Å². The maximum Gasteiger partial charge on any atom is 0.307 e. The molecule has 0 aliphatic rings. The highest BCUT2D eigenvalue weighted by Crippen LogP contribution is 2.20. The van der Waals surface area contributed by atoms with E-state index in [9.17, 15) is 19.2 Å². The molecule has 0 aromatic carbocycles. The standard InChI is InChI=1S/C58H109N3O9/c1-10-13-25-50(4)29-30-53(7)28-17-16-18-45-66-54(8)36-43-61(44-37-58(65)70-49-22-20-47-68-56(63)34-32-52(6)27-15-12-3)42-24-41-60(9)40-23-38-59-39-35-57(64)69-48-21-19-46-67-55(62)33-31-51(5)26-14-11-2/h50-52,59H,7-8,10-49H2,1-6,9H3. The summed E-state index contributed by atoms with van der Waals surface area (Å²) >= 11 is 0. The number of unbranched alkanes of at least 4 members (excludes halogenated alkanes) is 7. The van der Waals surface area contributed by atoms with Crippen LogP contribution < -0.4 is 5.32 Å². The van der Waals surface area contributed by atoms with Gasteiger partial charge in [0.15, 0.2) is 0 Å². The molecule has 0 fully saturated rings. The minimum Gasteiger partial charge on any atom is -0.499 e. The van der Waals surface area contributed by atoms with Crippen LogP contribution >= 0.6 is 0 Å². The Balaban J connectivity index is 4.51. The summed E-state index contributed by atoms with van der Waals surface area (Å²) in [7, 11) is 2.13. The van der Waals surface area contributed by atoms with E-state index in [0.717, 1.165) is 115 Å². The SMILES string of the molecule is C=C(CCCCCOC(=C)CCN(CCCN(C)CCCNCCC(=O)OCCCCOC(=O)CCC(C)CCCC)CCC(=O)OCCCCOC(=O)CCC(C)CCCC)CCC(C)CCCC. The van der Waals surface area contributed by atoms with Gasteiger partial charge in [-0.3, -0.25) is 19.2 Å². The Labute approximate surface area is 429 Å². The van der Waals surface area contributed by atoms with Crippen molar-refractivity contribution >= 4 is 23.9 Å². The lowest BCUT2D eigenvalue weighted by molar-refractivity contribution is -0.146. The van der Waals surface area contributed by atoms with E-state index in [-0.39, 0.29) is 23.9 Å². The summed E-state index contributed by atoms with van der Waals surface area (Å²) in [6.45, 7) is 29.4. The second-order valence-corrected chi connectivity index (χ2v) is 20.5. The fourth-order valence-corrected chi connectivity index (χ4v) is 8.11. The molecule has 0 heterocycles. The van der Waals surface area contributed by atoms with Gasteiger partial charge in [0.25, 0.3) is 0 Å². The number of nitrogens with zero attached hydrogens (tertiary/aromatic N) is 2. The number of allylic oxidation sites excluding steroid dienone is 1. The molecule has 70 heavy (non-hydrogen) atoms. The predicted molar refractivity (Wildman–Crippen MR) is 289 cm³/mol. The zero-order valence-corrected chi connectivity index (χ0v) is 46.5. The highest BCUT2D eigenvalue weighted by Gasteiger charge is 2.13. The van der Waals surface area contributed by atoms with Crippen molar-refractivity contribution in [1.29, 1.82) is 0 Å². The van der Waals surface area contributed by atoms with Crippen molar-refractivity contribution in [2.75, 3.05) is 85.9 Å². The number of esters is 4. The summed E-state index contributed by atoms with van der Waals surface area (Å²) in [6.07, 6.45) is 26.4. The van der Waals surface area contributed by atoms with Crippen LogP contribution in [-0.2, 0) is 42.9 Å². The Morgan fingerprint density at radius 1 is 0.414 bits per heavy atom. The molecule has 0 aromatic rings. The Morgan fingerprint density at radius 2 is 0.843 bits per heavy atom. The van der Waals surface area contributed by atoms with Crippen molar-refractivity contribution in [2.45, 2.75) is 221 Å². The quantitative estimate of drug-likeness (QED) is 0.0204. The van der Waals surface area contributed by atoms with Crippen LogP contribution in [0.15, 0.2) is 24.5 Å². The first-order chi connectivity index (χ1) is 33.8. The lowest BCUT2D eigenvalue weighted by atomic mass is 9.95. The van der Waals surface area contributed by atoms with Gasteiger partial charge < -0.3 is 38.8 Å². The molecule has 0 saturated carbocycles. The maximum atomic E-state index is 12.8. The summed E-state index contributed by atoms with van der Waals surface area (Å²) in [5.41, 5.74) is 1.38. The molecule has 0 saturated heterocycles. The van der Waals surface area contributed by atoms with Crippen molar-refractivity contribution in [3.05, 3.63) is 24.5 Å². The van der Waals surface area contributed by atoms with Crippen LogP contribution in [0.1, 0.15) is 221 Å². The second kappa shape index (κ2) is 48.3. The first kappa shape index (κ1) is 67.0. The average molecular weight is 993 g/mol. The van der Waals surface area contributed by atoms with Gasteiger partial charge in [0.05, 0.1) is 51.6 Å². The van der Waals surface area contributed by atoms with E-state index in [1.165, 1.54) is 56.9 Å². The lowest BCUT2D eigenvalue weighted by Gasteiger charge is -2.24. The van der Waals surface area contributed by atoms with Crippen LogP contribution in [0.5, 0.6) is 0 Å². The number of hydrogen-bond donors (Lipinski definition) is 1. The first-order valence-corrected chi connectivity index (χ1v) is 28.5. The molecule has 3 atom stereocenters. The highest BCUT2D eigenvalue weighted by atomic mass is 16.5. The number of carbonyl (C=O) groups is 4. The highest BCUT2D eigenvalue weighted by molar-refractivity contribution is 5.70. The maximum absolute atomic E-state index is 12.8. The zero-order chi connectivity index (χ0) is 51.9. The smallest absolute Gasteiger partial charge is 0.307 e. The summed E-state index contributed by atoms with van der Waals surface area (Å²) in [5, 5.41) is 3.36. The zero-order valence-electron chi connectivity index (χ0n) is 46.5. The van der Waals surface area contributed by atoms with Crippen LogP contribution in [0.4, 0.5) is 0 Å². The van der Waals surface area contributed by atoms with Gasteiger partial charge in [-0.1, -0.05) is 118 Å². The largest absolute Gasteiger partial charge is 0.499 e. The number of carbonyl (C=O) groups excluding carboxylic acids is 4. The van der Waals surface area contributed by atoms with Crippen LogP contribution in [0.3, 0.4) is 0 Å². The van der Waals surface area contributed by atoms with Gasteiger partial charge in [-0.2, -0.15) is 0 Å². The van der Waals surface area contributed by atoms with E-state index in [0.29, 0.717) is 116 Å². The van der Waals surface area contributed by atoms with Gasteiger partial charge in [0.2, 0.25) is 0 Å². The summed E-state index contributed by atoms with van der Waals surface area (Å²) in [6, 6.07) is 0. The molecule has 12 heteroatoms. The molecule has 0 radical (unpaired) electrons. The van der Waals surface area contributed by atoms with Crippen molar-refractivity contribution in [3.63, 3.8) is 0 Å². The van der Waals surface area contributed by atoms with Gasteiger partial charge in [-0.05, 0) is 141 Å². The Morgan fingerprint density at radius 3 is 1.36 bits per heavy atom. The summed E-state index contributed by atoms with van der Waals surface area (Å²) in [4.78, 5) is 53.7. The van der Waals surface area contributed by atoms with Gasteiger partial charge in [-0.15, -0.1) is 0 Å². The molecule has 0 aliphatic heterocycles. The molecule has 0 spiro atoms. The fourth-order valence-electron chi connectivity index (χ4n) is 8.11. The Hall–Kier alpha value is -2.96. The predicted octanol–water partition coefficient (Wildman–Crippen LogP) is 13.0. The molecule has 0 amide bonds. The van der Waals surface area contributed by atoms with Crippen LogP contribution in [0.2, 0.25) is 0 Å². The van der Waals surface area contributed by atoms with E-state index >= 15 is 0 Å². The fraction of sp³-hybridized carbons (Fsp3) is 0.862. The average Bonchev–Trinajstić information content (AvgIpc) is 3.34. The molecule has 0 bridgehead atoms. The minimum absolute atomic E-state index is 0.137. The first-order valence-electron chi connectivity index (χ1n) is 28.5. The molecular weight excluding hydrogens is 883 g/mol. The number of nitrogens with one attached hydrogen (secondary N) is 1. The molecule has 1 N–H and O–H groups in total. The van der Waals surface area contributed by atoms with Crippen LogP contribution in [-0.4, -0.2) is 120 Å². The van der Waals surface area contributed by atoms with E-state index in [1.807, 2.05) is 0 Å². The molecule has 3 unspecified atom stereocenters. The third-order valence-corrected chi connectivity index (χ3v) is 13.2. The Bertz CT molecular complexity index is 1250. The monoisotopic (exact) mass is 992 g/mol. The normalized spacial score (nSPS) is 12.7. The van der Waals surface area contributed by atoms with Crippen molar-refractivity contribution < 1.29 is 42.9 Å². The molecule has 12 nitrogen and oxygen atoms in total. The van der Waals surface area contributed by atoms with Crippen molar-refractivity contribution in [3.8, 4) is 0 Å². The van der Waals surface area contributed by atoms with Gasteiger partial charge in [0.1, 0.15) is 0 Å². The Kier molecular flexibility index (Phi) is 46.3. The number of rotatable bonds is 52. The van der Waals surface area contributed by atoms with E-state index in [1.54, 1.807) is 0 Å². The lowest BCUT2D eigenvalue weighted by Crippen LogP contribution is -2.32. The third kappa shape index (κ3) is 46.1. The second-order valence-electron chi connectivity index (χ2n) is 20.5. The van der Waals surface area contributed by atoms with Crippen LogP contribution in [0, 0.1) is 17.8 Å². The molecule has 410 valence electrons. The molecule has 0 aromatic heterocycles. The van der Waals surface area contributed by atoms with Crippen molar-refractivity contribution in [1.82, 2.24) is 15.1 Å². The van der Waals surface area contributed by atoms with Gasteiger partial charge in [-0.25, -0.2) is 0 Å². The third-order valence-electron chi connectivity index (χ3n) is 13.2. The molecular formula is C58H109N3O9. The van der Waals surface area contributed by atoms with Crippen LogP contribution in [0.25, 0.3) is 0 Å². The summed E-state index contributed by atoms with van der Waals surface area (Å²) in [5.74, 6) is 1.96. The number of hydrogen-bond acceptors (Lipinski definition) is 12. The van der Waals surface area contributed by atoms with E-state index in [2.05, 4.69) is 76.9 Å². The summed E-state index contributed by atoms with van der Waals surface area (Å²) < 4.78 is 27.7. The number of ether oxygens (including phenoxy) is 5. The van der Waals surface area contributed by atoms with E-state index in [4.69, 9.17) is 23.7 Å². The van der Waals surface area contributed by atoms with Crippen molar-refractivity contribution in [2.24, 2.45) is 17.8 Å². The topological polar surface area (TPSA) is 133 Å². The van der Waals surface area contributed by atoms with E-state index < -0.39 is 0 Å². The molecule has 0 aliphatic carbocycles.